The average Bonchev–Trinajstić information content (AvgIpc) is 3.09. The molecule has 3 heterocycles. The zero-order chi connectivity index (χ0) is 19.3. The summed E-state index contributed by atoms with van der Waals surface area (Å²) >= 11 is 5.25. The van der Waals surface area contributed by atoms with Crippen molar-refractivity contribution in [2.24, 2.45) is 0 Å². The SMILES string of the molecule is C=CCSc1nc(SCC=C)c2c3c(sc2n1)CN(Cc1ccccc1)CC3. The van der Waals surface area contributed by atoms with Gasteiger partial charge in [-0.05, 0) is 17.5 Å². The van der Waals surface area contributed by atoms with E-state index >= 15 is 0 Å². The summed E-state index contributed by atoms with van der Waals surface area (Å²) in [6.07, 6.45) is 4.90. The van der Waals surface area contributed by atoms with Crippen molar-refractivity contribution >= 4 is 45.1 Å². The molecule has 4 rings (SSSR count). The normalized spacial score (nSPS) is 14.1. The van der Waals surface area contributed by atoms with Crippen LogP contribution in [0.1, 0.15) is 16.0 Å². The van der Waals surface area contributed by atoms with Gasteiger partial charge in [0.1, 0.15) is 9.86 Å². The van der Waals surface area contributed by atoms with Gasteiger partial charge in [-0.25, -0.2) is 9.97 Å². The van der Waals surface area contributed by atoms with Crippen molar-refractivity contribution in [3.63, 3.8) is 0 Å². The lowest BCUT2D eigenvalue weighted by molar-refractivity contribution is 0.249. The molecule has 0 fully saturated rings. The first-order chi connectivity index (χ1) is 13.8. The number of thiophene rings is 1. The molecule has 144 valence electrons. The second-order valence-electron chi connectivity index (χ2n) is 6.64. The highest BCUT2D eigenvalue weighted by Gasteiger charge is 2.24. The van der Waals surface area contributed by atoms with Crippen molar-refractivity contribution in [3.8, 4) is 0 Å². The Bertz CT molecular complexity index is 982. The average molecular weight is 426 g/mol. The highest BCUT2D eigenvalue weighted by molar-refractivity contribution is 8.00. The number of aromatic nitrogens is 2. The molecular formula is C22H23N3S3. The van der Waals surface area contributed by atoms with Crippen molar-refractivity contribution in [2.75, 3.05) is 18.1 Å². The van der Waals surface area contributed by atoms with Crippen LogP contribution in [0.25, 0.3) is 10.2 Å². The van der Waals surface area contributed by atoms with Crippen LogP contribution in [0.4, 0.5) is 0 Å². The van der Waals surface area contributed by atoms with E-state index in [0.29, 0.717) is 0 Å². The van der Waals surface area contributed by atoms with E-state index in [9.17, 15) is 0 Å². The lowest BCUT2D eigenvalue weighted by Crippen LogP contribution is -2.29. The Morgan fingerprint density at radius 3 is 2.64 bits per heavy atom. The van der Waals surface area contributed by atoms with Crippen LogP contribution in [0.3, 0.4) is 0 Å². The fraction of sp³-hybridized carbons (Fsp3) is 0.273. The molecule has 0 saturated carbocycles. The van der Waals surface area contributed by atoms with E-state index in [1.165, 1.54) is 21.4 Å². The van der Waals surface area contributed by atoms with Crippen molar-refractivity contribution in [1.82, 2.24) is 14.9 Å². The topological polar surface area (TPSA) is 29.0 Å². The molecule has 0 amide bonds. The first-order valence-electron chi connectivity index (χ1n) is 9.34. The van der Waals surface area contributed by atoms with E-state index in [4.69, 9.17) is 9.97 Å². The number of nitrogens with zero attached hydrogens (tertiary/aromatic N) is 3. The quantitative estimate of drug-likeness (QED) is 0.197. The molecule has 2 aromatic heterocycles. The molecule has 0 N–H and O–H groups in total. The van der Waals surface area contributed by atoms with Gasteiger partial charge in [0.15, 0.2) is 5.16 Å². The first-order valence-corrected chi connectivity index (χ1v) is 12.1. The highest BCUT2D eigenvalue weighted by atomic mass is 32.2. The summed E-state index contributed by atoms with van der Waals surface area (Å²) in [5.74, 6) is 1.69. The van der Waals surface area contributed by atoms with Gasteiger partial charge >= 0.3 is 0 Å². The van der Waals surface area contributed by atoms with Crippen molar-refractivity contribution in [2.45, 2.75) is 29.7 Å². The molecule has 0 bridgehead atoms. The van der Waals surface area contributed by atoms with Crippen molar-refractivity contribution < 1.29 is 0 Å². The molecule has 0 unspecified atom stereocenters. The lowest BCUT2D eigenvalue weighted by Gasteiger charge is -2.27. The van der Waals surface area contributed by atoms with Crippen LogP contribution in [0, 0.1) is 0 Å². The number of fused-ring (bicyclic) bond motifs is 3. The van der Waals surface area contributed by atoms with E-state index in [-0.39, 0.29) is 0 Å². The maximum atomic E-state index is 4.86. The minimum Gasteiger partial charge on any atom is -0.294 e. The van der Waals surface area contributed by atoms with Crippen LogP contribution >= 0.6 is 34.9 Å². The highest BCUT2D eigenvalue weighted by Crippen LogP contribution is 2.40. The third kappa shape index (κ3) is 4.35. The van der Waals surface area contributed by atoms with Crippen molar-refractivity contribution in [1.29, 1.82) is 0 Å². The smallest absolute Gasteiger partial charge is 0.190 e. The van der Waals surface area contributed by atoms with Crippen LogP contribution in [0.15, 0.2) is 65.8 Å². The van der Waals surface area contributed by atoms with Gasteiger partial charge in [0.05, 0.1) is 0 Å². The molecule has 28 heavy (non-hydrogen) atoms. The number of rotatable bonds is 8. The second kappa shape index (κ2) is 9.27. The minimum atomic E-state index is 0.826. The molecule has 3 nitrogen and oxygen atoms in total. The Balaban J connectivity index is 1.65. The molecule has 0 saturated heterocycles. The van der Waals surface area contributed by atoms with Crippen LogP contribution in [-0.2, 0) is 19.5 Å². The molecule has 3 aromatic rings. The maximum absolute atomic E-state index is 4.86. The van der Waals surface area contributed by atoms with Gasteiger partial charge in [0, 0.05) is 41.4 Å². The van der Waals surface area contributed by atoms with Gasteiger partial charge in [-0.1, -0.05) is 54.2 Å². The summed E-state index contributed by atoms with van der Waals surface area (Å²) in [7, 11) is 0. The van der Waals surface area contributed by atoms with Gasteiger partial charge < -0.3 is 0 Å². The Labute approximate surface area is 179 Å². The summed E-state index contributed by atoms with van der Waals surface area (Å²) in [5.41, 5.74) is 2.83. The van der Waals surface area contributed by atoms with Gasteiger partial charge in [0.2, 0.25) is 0 Å². The van der Waals surface area contributed by atoms with Crippen LogP contribution < -0.4 is 0 Å². The van der Waals surface area contributed by atoms with Crippen molar-refractivity contribution in [3.05, 3.63) is 71.6 Å². The molecule has 0 atom stereocenters. The number of thioether (sulfide) groups is 2. The van der Waals surface area contributed by atoms with Crippen LogP contribution in [-0.4, -0.2) is 32.9 Å². The zero-order valence-corrected chi connectivity index (χ0v) is 18.2. The Hall–Kier alpha value is -1.60. The van der Waals surface area contributed by atoms with Gasteiger partial charge in [-0.2, -0.15) is 0 Å². The van der Waals surface area contributed by atoms with Crippen LogP contribution in [0.2, 0.25) is 0 Å². The van der Waals surface area contributed by atoms with E-state index in [2.05, 4.69) is 48.4 Å². The maximum Gasteiger partial charge on any atom is 0.190 e. The summed E-state index contributed by atoms with van der Waals surface area (Å²) in [6.45, 7) is 10.7. The number of benzene rings is 1. The molecule has 1 aromatic carbocycles. The van der Waals surface area contributed by atoms with Gasteiger partial charge in [-0.3, -0.25) is 4.90 Å². The third-order valence-corrected chi connectivity index (χ3v) is 7.57. The van der Waals surface area contributed by atoms with Gasteiger partial charge in [0.25, 0.3) is 0 Å². The fourth-order valence-corrected chi connectivity index (χ4v) is 6.22. The molecular weight excluding hydrogens is 402 g/mol. The molecule has 0 aliphatic carbocycles. The van der Waals surface area contributed by atoms with E-state index in [1.807, 2.05) is 23.5 Å². The Kier molecular flexibility index (Phi) is 6.52. The monoisotopic (exact) mass is 425 g/mol. The standard InChI is InChI=1S/C22H23N3S3/c1-3-12-26-20-19-17-10-11-25(14-16-8-6-5-7-9-16)15-18(17)28-21(19)24-22(23-20)27-13-4-2/h3-9H,1-2,10-15H2. The lowest BCUT2D eigenvalue weighted by atomic mass is 10.0. The molecule has 0 spiro atoms. The Morgan fingerprint density at radius 1 is 1.07 bits per heavy atom. The molecule has 0 radical (unpaired) electrons. The number of hydrogen-bond acceptors (Lipinski definition) is 6. The fourth-order valence-electron chi connectivity index (χ4n) is 3.41. The van der Waals surface area contributed by atoms with Crippen LogP contribution in [0.5, 0.6) is 0 Å². The number of hydrogen-bond donors (Lipinski definition) is 0. The summed E-state index contributed by atoms with van der Waals surface area (Å²) in [6, 6.07) is 10.7. The molecule has 6 heteroatoms. The predicted molar refractivity (Wildman–Crippen MR) is 124 cm³/mol. The summed E-state index contributed by atoms with van der Waals surface area (Å²) < 4.78 is 0. The third-order valence-electron chi connectivity index (χ3n) is 4.64. The summed E-state index contributed by atoms with van der Waals surface area (Å²) in [5, 5.41) is 3.22. The zero-order valence-electron chi connectivity index (χ0n) is 15.8. The molecule has 1 aliphatic heterocycles. The molecule has 1 aliphatic rings. The van der Waals surface area contributed by atoms with E-state index < -0.39 is 0 Å². The minimum absolute atomic E-state index is 0.826. The van der Waals surface area contributed by atoms with E-state index in [1.54, 1.807) is 23.5 Å². The largest absolute Gasteiger partial charge is 0.294 e. The van der Waals surface area contributed by atoms with Gasteiger partial charge in [-0.15, -0.1) is 36.3 Å². The van der Waals surface area contributed by atoms with E-state index in [0.717, 1.165) is 52.6 Å². The first kappa shape index (κ1) is 19.7. The Morgan fingerprint density at radius 2 is 1.86 bits per heavy atom. The second-order valence-corrected chi connectivity index (χ2v) is 9.72. The summed E-state index contributed by atoms with van der Waals surface area (Å²) in [4.78, 5) is 14.8. The predicted octanol–water partition coefficient (Wildman–Crippen LogP) is 5.81.